The average molecular weight is 416 g/mol. The number of halogens is 2. The number of nitrogens with one attached hydrogen (secondary N) is 1. The molecular formula is C13H8Br2N2O4. The van der Waals surface area contributed by atoms with E-state index < -0.39 is 10.9 Å². The standard InChI is InChI=1S/C13H8Br2N2O4/c14-7-1-4-10(15)12(5-7)16-11-6-8(17(20)21)2-3-9(11)13(18)19/h1-6,16H,(H,18,19). The van der Waals surface area contributed by atoms with Crippen molar-refractivity contribution in [3.05, 3.63) is 61.0 Å². The Morgan fingerprint density at radius 2 is 1.86 bits per heavy atom. The molecule has 6 nitrogen and oxygen atoms in total. The molecule has 2 aromatic carbocycles. The van der Waals surface area contributed by atoms with Gasteiger partial charge >= 0.3 is 5.97 Å². The smallest absolute Gasteiger partial charge is 0.337 e. The lowest BCUT2D eigenvalue weighted by Gasteiger charge is -2.11. The summed E-state index contributed by atoms with van der Waals surface area (Å²) >= 11 is 6.64. The number of nitrogens with zero attached hydrogens (tertiary/aromatic N) is 1. The minimum Gasteiger partial charge on any atom is -0.478 e. The first kappa shape index (κ1) is 15.5. The number of rotatable bonds is 4. The maximum absolute atomic E-state index is 11.2. The van der Waals surface area contributed by atoms with Crippen molar-refractivity contribution in [3.63, 3.8) is 0 Å². The molecule has 0 atom stereocenters. The Labute approximate surface area is 136 Å². The van der Waals surface area contributed by atoms with Crippen molar-refractivity contribution in [1.82, 2.24) is 0 Å². The fourth-order valence-electron chi connectivity index (χ4n) is 1.67. The molecule has 0 radical (unpaired) electrons. The Bertz CT molecular complexity index is 734. The Morgan fingerprint density at radius 3 is 2.48 bits per heavy atom. The quantitative estimate of drug-likeness (QED) is 0.563. The lowest BCUT2D eigenvalue weighted by atomic mass is 10.1. The third kappa shape index (κ3) is 3.59. The van der Waals surface area contributed by atoms with Gasteiger partial charge in [0.25, 0.3) is 5.69 Å². The molecule has 2 N–H and O–H groups in total. The zero-order valence-electron chi connectivity index (χ0n) is 10.3. The fourth-order valence-corrected chi connectivity index (χ4v) is 2.38. The van der Waals surface area contributed by atoms with E-state index in [1.54, 1.807) is 18.2 Å². The van der Waals surface area contributed by atoms with Gasteiger partial charge in [-0.2, -0.15) is 0 Å². The number of anilines is 2. The summed E-state index contributed by atoms with van der Waals surface area (Å²) in [4.78, 5) is 21.5. The van der Waals surface area contributed by atoms with Gasteiger partial charge in [-0.1, -0.05) is 15.9 Å². The topological polar surface area (TPSA) is 92.5 Å². The minimum atomic E-state index is -1.17. The molecule has 0 amide bonds. The first-order chi connectivity index (χ1) is 9.88. The van der Waals surface area contributed by atoms with Gasteiger partial charge < -0.3 is 10.4 Å². The Hall–Kier alpha value is -1.93. The van der Waals surface area contributed by atoms with Crippen LogP contribution in [0, 0.1) is 10.1 Å². The monoisotopic (exact) mass is 414 g/mol. The van der Waals surface area contributed by atoms with Gasteiger partial charge in [-0.3, -0.25) is 10.1 Å². The van der Waals surface area contributed by atoms with Gasteiger partial charge in [0.15, 0.2) is 0 Å². The van der Waals surface area contributed by atoms with Crippen LogP contribution in [0.1, 0.15) is 10.4 Å². The molecule has 0 aliphatic rings. The summed E-state index contributed by atoms with van der Waals surface area (Å²) < 4.78 is 1.49. The van der Waals surface area contributed by atoms with Crippen LogP contribution in [0.25, 0.3) is 0 Å². The number of carbonyl (C=O) groups is 1. The van der Waals surface area contributed by atoms with Gasteiger partial charge in [-0.05, 0) is 40.2 Å². The van der Waals surface area contributed by atoms with E-state index in [1.165, 1.54) is 12.1 Å². The van der Waals surface area contributed by atoms with Crippen molar-refractivity contribution >= 4 is 54.9 Å². The number of benzene rings is 2. The van der Waals surface area contributed by atoms with Crippen LogP contribution in [-0.4, -0.2) is 16.0 Å². The average Bonchev–Trinajstić information content (AvgIpc) is 2.42. The van der Waals surface area contributed by atoms with E-state index in [0.29, 0.717) is 10.2 Å². The highest BCUT2D eigenvalue weighted by Gasteiger charge is 2.16. The molecular weight excluding hydrogens is 408 g/mol. The lowest BCUT2D eigenvalue weighted by Crippen LogP contribution is -2.04. The molecule has 2 aromatic rings. The summed E-state index contributed by atoms with van der Waals surface area (Å²) in [6, 6.07) is 8.86. The molecule has 0 bridgehead atoms. The SMILES string of the molecule is O=C(O)c1ccc([N+](=O)[O-])cc1Nc1cc(Br)ccc1Br. The summed E-state index contributed by atoms with van der Waals surface area (Å²) in [7, 11) is 0. The largest absolute Gasteiger partial charge is 0.478 e. The van der Waals surface area contributed by atoms with Crippen LogP contribution in [0.2, 0.25) is 0 Å². The maximum Gasteiger partial charge on any atom is 0.337 e. The number of hydrogen-bond donors (Lipinski definition) is 2. The molecule has 0 saturated heterocycles. The number of carboxylic acids is 1. The van der Waals surface area contributed by atoms with E-state index in [0.717, 1.165) is 10.5 Å². The van der Waals surface area contributed by atoms with Crippen molar-refractivity contribution in [2.75, 3.05) is 5.32 Å². The van der Waals surface area contributed by atoms with Crippen LogP contribution in [0.4, 0.5) is 17.1 Å². The number of non-ortho nitro benzene ring substituents is 1. The van der Waals surface area contributed by atoms with E-state index in [2.05, 4.69) is 37.2 Å². The molecule has 8 heteroatoms. The predicted molar refractivity (Wildman–Crippen MR) is 85.2 cm³/mol. The van der Waals surface area contributed by atoms with E-state index in [9.17, 15) is 14.9 Å². The van der Waals surface area contributed by atoms with Crippen LogP contribution < -0.4 is 5.32 Å². The van der Waals surface area contributed by atoms with Gasteiger partial charge in [0.05, 0.1) is 21.9 Å². The second-order valence-electron chi connectivity index (χ2n) is 4.04. The second-order valence-corrected chi connectivity index (χ2v) is 5.81. The minimum absolute atomic E-state index is 0.0486. The second kappa shape index (κ2) is 6.23. The zero-order valence-corrected chi connectivity index (χ0v) is 13.5. The lowest BCUT2D eigenvalue weighted by molar-refractivity contribution is -0.384. The molecule has 0 aromatic heterocycles. The molecule has 21 heavy (non-hydrogen) atoms. The summed E-state index contributed by atoms with van der Waals surface area (Å²) in [6.07, 6.45) is 0. The van der Waals surface area contributed by atoms with Crippen molar-refractivity contribution in [1.29, 1.82) is 0 Å². The zero-order chi connectivity index (χ0) is 15.6. The number of nitro benzene ring substituents is 1. The van der Waals surface area contributed by atoms with Crippen LogP contribution in [0.15, 0.2) is 45.3 Å². The predicted octanol–water partition coefficient (Wildman–Crippen LogP) is 4.56. The molecule has 0 fully saturated rings. The van der Waals surface area contributed by atoms with Crippen molar-refractivity contribution in [2.45, 2.75) is 0 Å². The van der Waals surface area contributed by atoms with E-state index in [1.807, 2.05) is 0 Å². The fraction of sp³-hybridized carbons (Fsp3) is 0. The maximum atomic E-state index is 11.2. The Morgan fingerprint density at radius 1 is 1.14 bits per heavy atom. The van der Waals surface area contributed by atoms with Crippen molar-refractivity contribution in [3.8, 4) is 0 Å². The molecule has 0 spiro atoms. The number of nitro groups is 1. The third-order valence-electron chi connectivity index (χ3n) is 2.64. The molecule has 108 valence electrons. The number of aromatic carboxylic acids is 1. The number of carboxylic acid groups (broad SMARTS) is 1. The number of hydrogen-bond acceptors (Lipinski definition) is 4. The summed E-state index contributed by atoms with van der Waals surface area (Å²) in [5.74, 6) is -1.17. The first-order valence-corrected chi connectivity index (χ1v) is 7.21. The highest BCUT2D eigenvalue weighted by Crippen LogP contribution is 2.32. The summed E-state index contributed by atoms with van der Waals surface area (Å²) in [6.45, 7) is 0. The molecule has 0 aliphatic carbocycles. The Kier molecular flexibility index (Phi) is 4.59. The van der Waals surface area contributed by atoms with Crippen LogP contribution >= 0.6 is 31.9 Å². The van der Waals surface area contributed by atoms with Crippen LogP contribution in [-0.2, 0) is 0 Å². The Balaban J connectivity index is 2.50. The van der Waals surface area contributed by atoms with Gasteiger partial charge in [0, 0.05) is 21.1 Å². The molecule has 0 aliphatic heterocycles. The van der Waals surface area contributed by atoms with Crippen molar-refractivity contribution in [2.24, 2.45) is 0 Å². The van der Waals surface area contributed by atoms with Crippen LogP contribution in [0.5, 0.6) is 0 Å². The molecule has 2 rings (SSSR count). The highest BCUT2D eigenvalue weighted by molar-refractivity contribution is 9.11. The van der Waals surface area contributed by atoms with E-state index in [4.69, 9.17) is 5.11 Å². The molecule has 0 heterocycles. The van der Waals surface area contributed by atoms with Crippen molar-refractivity contribution < 1.29 is 14.8 Å². The van der Waals surface area contributed by atoms with Gasteiger partial charge in [-0.15, -0.1) is 0 Å². The van der Waals surface area contributed by atoms with Crippen LogP contribution in [0.3, 0.4) is 0 Å². The third-order valence-corrected chi connectivity index (χ3v) is 3.83. The molecule has 0 saturated carbocycles. The van der Waals surface area contributed by atoms with E-state index >= 15 is 0 Å². The van der Waals surface area contributed by atoms with Gasteiger partial charge in [0.1, 0.15) is 0 Å². The highest BCUT2D eigenvalue weighted by atomic mass is 79.9. The normalized spacial score (nSPS) is 10.2. The van der Waals surface area contributed by atoms with Gasteiger partial charge in [-0.25, -0.2) is 4.79 Å². The molecule has 0 unspecified atom stereocenters. The van der Waals surface area contributed by atoms with E-state index in [-0.39, 0.29) is 16.9 Å². The summed E-state index contributed by atoms with van der Waals surface area (Å²) in [5.41, 5.74) is 0.504. The first-order valence-electron chi connectivity index (χ1n) is 5.62. The van der Waals surface area contributed by atoms with Gasteiger partial charge in [0.2, 0.25) is 0 Å². The summed E-state index contributed by atoms with van der Waals surface area (Å²) in [5, 5.41) is 22.9.